The minimum Gasteiger partial charge on any atom is -0.374 e. The summed E-state index contributed by atoms with van der Waals surface area (Å²) in [6.45, 7) is 3.18. The lowest BCUT2D eigenvalue weighted by atomic mass is 10.1. The van der Waals surface area contributed by atoms with Crippen molar-refractivity contribution >= 4 is 17.3 Å². The fourth-order valence-electron chi connectivity index (χ4n) is 3.19. The summed E-state index contributed by atoms with van der Waals surface area (Å²) in [4.78, 5) is 18.4. The second-order valence-corrected chi connectivity index (χ2v) is 6.35. The van der Waals surface area contributed by atoms with Gasteiger partial charge in [0, 0.05) is 18.5 Å². The first-order valence-electron chi connectivity index (χ1n) is 8.74. The molecule has 26 heavy (non-hydrogen) atoms. The standard InChI is InChI=1S/C20H20N4O2/c1-14-7-2-3-8-15(14)20-22-18(26-23-20)13-21-16-9-4-5-10-17(16)24-12-6-11-19(24)25/h2-5,7-10,21H,6,11-13H2,1H3. The number of nitrogens with zero attached hydrogens (tertiary/aromatic N) is 3. The fraction of sp³-hybridized carbons (Fsp3) is 0.250. The van der Waals surface area contributed by atoms with Crippen molar-refractivity contribution in [2.24, 2.45) is 0 Å². The molecule has 1 aliphatic rings. The molecule has 4 rings (SSSR count). The Morgan fingerprint density at radius 2 is 1.96 bits per heavy atom. The van der Waals surface area contributed by atoms with Crippen LogP contribution in [0.25, 0.3) is 11.4 Å². The Kier molecular flexibility index (Phi) is 4.39. The number of aromatic nitrogens is 2. The van der Waals surface area contributed by atoms with Gasteiger partial charge < -0.3 is 14.7 Å². The number of benzene rings is 2. The normalized spacial score (nSPS) is 14.0. The monoisotopic (exact) mass is 348 g/mol. The van der Waals surface area contributed by atoms with Crippen molar-refractivity contribution in [3.05, 3.63) is 60.0 Å². The Hall–Kier alpha value is -3.15. The molecule has 6 heteroatoms. The van der Waals surface area contributed by atoms with Gasteiger partial charge in [-0.2, -0.15) is 4.98 Å². The third kappa shape index (κ3) is 3.18. The number of hydrogen-bond donors (Lipinski definition) is 1. The number of carbonyl (C=O) groups excluding carboxylic acids is 1. The molecule has 0 bridgehead atoms. The molecule has 1 aromatic heterocycles. The molecule has 2 aromatic carbocycles. The van der Waals surface area contributed by atoms with Gasteiger partial charge in [0.15, 0.2) is 0 Å². The highest BCUT2D eigenvalue weighted by atomic mass is 16.5. The van der Waals surface area contributed by atoms with Gasteiger partial charge in [0.05, 0.1) is 17.9 Å². The Morgan fingerprint density at radius 3 is 2.77 bits per heavy atom. The van der Waals surface area contributed by atoms with Gasteiger partial charge in [0.2, 0.25) is 17.6 Å². The smallest absolute Gasteiger partial charge is 0.246 e. The van der Waals surface area contributed by atoms with Gasteiger partial charge in [-0.3, -0.25) is 4.79 Å². The number of para-hydroxylation sites is 2. The zero-order chi connectivity index (χ0) is 17.9. The Labute approximate surface area is 151 Å². The Morgan fingerprint density at radius 1 is 1.15 bits per heavy atom. The minimum absolute atomic E-state index is 0.166. The highest BCUT2D eigenvalue weighted by molar-refractivity contribution is 5.98. The molecular weight excluding hydrogens is 328 g/mol. The summed E-state index contributed by atoms with van der Waals surface area (Å²) in [5, 5.41) is 7.40. The first-order chi connectivity index (χ1) is 12.7. The lowest BCUT2D eigenvalue weighted by Crippen LogP contribution is -2.24. The van der Waals surface area contributed by atoms with E-state index in [-0.39, 0.29) is 5.91 Å². The van der Waals surface area contributed by atoms with E-state index >= 15 is 0 Å². The highest BCUT2D eigenvalue weighted by Gasteiger charge is 2.23. The molecule has 2 heterocycles. The number of anilines is 2. The fourth-order valence-corrected chi connectivity index (χ4v) is 3.19. The van der Waals surface area contributed by atoms with Crippen LogP contribution in [0.2, 0.25) is 0 Å². The van der Waals surface area contributed by atoms with Crippen LogP contribution in [0.5, 0.6) is 0 Å². The summed E-state index contributed by atoms with van der Waals surface area (Å²) < 4.78 is 5.38. The largest absolute Gasteiger partial charge is 0.374 e. The van der Waals surface area contributed by atoms with Gasteiger partial charge in [-0.15, -0.1) is 0 Å². The van der Waals surface area contributed by atoms with E-state index in [0.717, 1.165) is 35.5 Å². The maximum absolute atomic E-state index is 12.1. The maximum Gasteiger partial charge on any atom is 0.246 e. The van der Waals surface area contributed by atoms with Crippen molar-refractivity contribution in [3.63, 3.8) is 0 Å². The van der Waals surface area contributed by atoms with E-state index in [1.165, 1.54) is 0 Å². The van der Waals surface area contributed by atoms with Crippen molar-refractivity contribution in [3.8, 4) is 11.4 Å². The molecule has 1 aliphatic heterocycles. The molecule has 0 aliphatic carbocycles. The van der Waals surface area contributed by atoms with Crippen LogP contribution in [0.3, 0.4) is 0 Å². The van der Waals surface area contributed by atoms with Crippen LogP contribution >= 0.6 is 0 Å². The van der Waals surface area contributed by atoms with Gasteiger partial charge >= 0.3 is 0 Å². The van der Waals surface area contributed by atoms with Gasteiger partial charge in [0.25, 0.3) is 0 Å². The Balaban J connectivity index is 1.51. The zero-order valence-electron chi connectivity index (χ0n) is 14.6. The van der Waals surface area contributed by atoms with E-state index in [2.05, 4.69) is 15.5 Å². The molecule has 0 spiro atoms. The summed E-state index contributed by atoms with van der Waals surface area (Å²) in [6, 6.07) is 15.7. The van der Waals surface area contributed by atoms with Gasteiger partial charge in [0.1, 0.15) is 0 Å². The topological polar surface area (TPSA) is 71.3 Å². The van der Waals surface area contributed by atoms with Gasteiger partial charge in [-0.25, -0.2) is 0 Å². The summed E-state index contributed by atoms with van der Waals surface area (Å²) in [5.74, 6) is 1.26. The first-order valence-corrected chi connectivity index (χ1v) is 8.74. The van der Waals surface area contributed by atoms with Crippen molar-refractivity contribution in [1.29, 1.82) is 0 Å². The van der Waals surface area contributed by atoms with Crippen molar-refractivity contribution in [1.82, 2.24) is 10.1 Å². The number of amides is 1. The summed E-state index contributed by atoms with van der Waals surface area (Å²) in [6.07, 6.45) is 1.51. The number of rotatable bonds is 5. The quantitative estimate of drug-likeness (QED) is 0.760. The minimum atomic E-state index is 0.166. The third-order valence-corrected chi connectivity index (χ3v) is 4.55. The summed E-state index contributed by atoms with van der Waals surface area (Å²) in [7, 11) is 0. The molecule has 3 aromatic rings. The molecule has 132 valence electrons. The average Bonchev–Trinajstić information content (AvgIpc) is 3.30. The van der Waals surface area contributed by atoms with Crippen LogP contribution < -0.4 is 10.2 Å². The van der Waals surface area contributed by atoms with Crippen LogP contribution in [0, 0.1) is 6.92 Å². The van der Waals surface area contributed by atoms with Crippen molar-refractivity contribution in [2.75, 3.05) is 16.8 Å². The first kappa shape index (κ1) is 16.3. The van der Waals surface area contributed by atoms with E-state index in [0.29, 0.717) is 24.7 Å². The lowest BCUT2D eigenvalue weighted by molar-refractivity contribution is -0.117. The predicted octanol–water partition coefficient (Wildman–Crippen LogP) is 3.78. The van der Waals surface area contributed by atoms with Crippen LogP contribution in [-0.2, 0) is 11.3 Å². The molecular formula is C20H20N4O2. The molecule has 0 unspecified atom stereocenters. The van der Waals surface area contributed by atoms with E-state index in [4.69, 9.17) is 4.52 Å². The molecule has 6 nitrogen and oxygen atoms in total. The van der Waals surface area contributed by atoms with E-state index in [9.17, 15) is 4.79 Å². The second-order valence-electron chi connectivity index (χ2n) is 6.35. The number of nitrogens with one attached hydrogen (secondary N) is 1. The number of carbonyl (C=O) groups is 1. The molecule has 1 amide bonds. The number of aryl methyl sites for hydroxylation is 1. The van der Waals surface area contributed by atoms with Crippen LogP contribution in [-0.4, -0.2) is 22.6 Å². The van der Waals surface area contributed by atoms with Gasteiger partial charge in [-0.1, -0.05) is 41.6 Å². The molecule has 1 N–H and O–H groups in total. The molecule has 0 radical (unpaired) electrons. The van der Waals surface area contributed by atoms with E-state index in [1.807, 2.05) is 60.4 Å². The van der Waals surface area contributed by atoms with Crippen LogP contribution in [0.1, 0.15) is 24.3 Å². The van der Waals surface area contributed by atoms with Crippen molar-refractivity contribution < 1.29 is 9.32 Å². The highest BCUT2D eigenvalue weighted by Crippen LogP contribution is 2.29. The SMILES string of the molecule is Cc1ccccc1-c1noc(CNc2ccccc2N2CCCC2=O)n1. The molecule has 0 atom stereocenters. The summed E-state index contributed by atoms with van der Waals surface area (Å²) >= 11 is 0. The molecule has 0 saturated carbocycles. The van der Waals surface area contributed by atoms with Crippen LogP contribution in [0.15, 0.2) is 53.1 Å². The zero-order valence-corrected chi connectivity index (χ0v) is 14.6. The number of hydrogen-bond acceptors (Lipinski definition) is 5. The van der Waals surface area contributed by atoms with Gasteiger partial charge in [-0.05, 0) is 31.0 Å². The second kappa shape index (κ2) is 7.00. The molecule has 1 fully saturated rings. The maximum atomic E-state index is 12.1. The molecule has 1 saturated heterocycles. The predicted molar refractivity (Wildman–Crippen MR) is 99.8 cm³/mol. The van der Waals surface area contributed by atoms with Crippen molar-refractivity contribution in [2.45, 2.75) is 26.3 Å². The average molecular weight is 348 g/mol. The lowest BCUT2D eigenvalue weighted by Gasteiger charge is -2.19. The summed E-state index contributed by atoms with van der Waals surface area (Å²) in [5.41, 5.74) is 3.85. The third-order valence-electron chi connectivity index (χ3n) is 4.55. The Bertz CT molecular complexity index is 935. The van der Waals surface area contributed by atoms with E-state index in [1.54, 1.807) is 0 Å². The van der Waals surface area contributed by atoms with E-state index < -0.39 is 0 Å². The van der Waals surface area contributed by atoms with Crippen LogP contribution in [0.4, 0.5) is 11.4 Å².